The van der Waals surface area contributed by atoms with E-state index in [0.717, 1.165) is 9.79 Å². The van der Waals surface area contributed by atoms with Crippen molar-refractivity contribution >= 4 is 17.7 Å². The maximum Gasteiger partial charge on any atom is 0.337 e. The van der Waals surface area contributed by atoms with Gasteiger partial charge in [0.05, 0.1) is 12.7 Å². The van der Waals surface area contributed by atoms with Crippen molar-refractivity contribution in [2.75, 3.05) is 7.11 Å². The molecule has 0 aliphatic carbocycles. The molecule has 0 radical (unpaired) electrons. The lowest BCUT2D eigenvalue weighted by atomic mass is 10.2. The molecule has 0 N–H and O–H groups in total. The van der Waals surface area contributed by atoms with Crippen molar-refractivity contribution in [3.8, 4) is 0 Å². The van der Waals surface area contributed by atoms with E-state index in [-0.39, 0.29) is 5.97 Å². The molecule has 0 bridgehead atoms. The third-order valence-electron chi connectivity index (χ3n) is 2.16. The fraction of sp³-hybridized carbons (Fsp3) is 0.0769. The lowest BCUT2D eigenvalue weighted by Crippen LogP contribution is -2.00. The van der Waals surface area contributed by atoms with Crippen molar-refractivity contribution < 1.29 is 9.53 Å². The van der Waals surface area contributed by atoms with Crippen molar-refractivity contribution in [2.45, 2.75) is 9.79 Å². The predicted molar refractivity (Wildman–Crippen MR) is 66.1 cm³/mol. The summed E-state index contributed by atoms with van der Waals surface area (Å²) in [7, 11) is 1.38. The molecule has 17 heavy (non-hydrogen) atoms. The summed E-state index contributed by atoms with van der Waals surface area (Å²) < 4.78 is 4.64. The van der Waals surface area contributed by atoms with Gasteiger partial charge in [-0.05, 0) is 36.4 Å². The first-order valence-corrected chi connectivity index (χ1v) is 5.87. The van der Waals surface area contributed by atoms with E-state index in [9.17, 15) is 4.79 Å². The summed E-state index contributed by atoms with van der Waals surface area (Å²) in [4.78, 5) is 17.4. The average molecular weight is 245 g/mol. The Bertz CT molecular complexity index is 497. The highest BCUT2D eigenvalue weighted by atomic mass is 32.2. The van der Waals surface area contributed by atoms with E-state index < -0.39 is 0 Å². The van der Waals surface area contributed by atoms with Crippen LogP contribution in [-0.2, 0) is 4.74 Å². The Labute approximate surface area is 104 Å². The molecule has 2 rings (SSSR count). The van der Waals surface area contributed by atoms with Crippen LogP contribution in [0.2, 0.25) is 0 Å². The van der Waals surface area contributed by atoms with E-state index in [1.807, 2.05) is 24.3 Å². The fourth-order valence-corrected chi connectivity index (χ4v) is 2.12. The number of aromatic nitrogens is 1. The van der Waals surface area contributed by atoms with E-state index in [0.29, 0.717) is 5.56 Å². The van der Waals surface area contributed by atoms with Gasteiger partial charge in [0, 0.05) is 22.2 Å². The van der Waals surface area contributed by atoms with Crippen molar-refractivity contribution in [1.29, 1.82) is 0 Å². The van der Waals surface area contributed by atoms with Crippen LogP contribution in [0.25, 0.3) is 0 Å². The zero-order valence-electron chi connectivity index (χ0n) is 9.29. The number of esters is 1. The highest BCUT2D eigenvalue weighted by molar-refractivity contribution is 7.99. The van der Waals surface area contributed by atoms with Crippen LogP contribution in [0, 0.1) is 0 Å². The van der Waals surface area contributed by atoms with Gasteiger partial charge in [0.25, 0.3) is 0 Å². The van der Waals surface area contributed by atoms with Crippen LogP contribution in [0.1, 0.15) is 10.4 Å². The van der Waals surface area contributed by atoms with Crippen molar-refractivity contribution in [2.24, 2.45) is 0 Å². The summed E-state index contributed by atoms with van der Waals surface area (Å²) in [5.41, 5.74) is 0.562. The first-order valence-electron chi connectivity index (χ1n) is 5.06. The molecule has 0 saturated heterocycles. The Morgan fingerprint density at radius 2 is 1.65 bits per heavy atom. The van der Waals surface area contributed by atoms with Crippen LogP contribution in [-0.4, -0.2) is 18.1 Å². The molecule has 0 amide bonds. The average Bonchev–Trinajstić information content (AvgIpc) is 2.40. The van der Waals surface area contributed by atoms with Crippen LogP contribution < -0.4 is 0 Å². The number of carbonyl (C=O) groups is 1. The molecule has 2 aromatic rings. The lowest BCUT2D eigenvalue weighted by Gasteiger charge is -2.02. The Morgan fingerprint density at radius 3 is 2.24 bits per heavy atom. The Kier molecular flexibility index (Phi) is 3.77. The molecule has 0 aliphatic rings. The van der Waals surface area contributed by atoms with E-state index in [1.165, 1.54) is 7.11 Å². The molecular weight excluding hydrogens is 234 g/mol. The van der Waals surface area contributed by atoms with Crippen LogP contribution in [0.4, 0.5) is 0 Å². The Morgan fingerprint density at radius 1 is 1.06 bits per heavy atom. The number of rotatable bonds is 3. The molecule has 0 fully saturated rings. The van der Waals surface area contributed by atoms with E-state index in [4.69, 9.17) is 0 Å². The smallest absolute Gasteiger partial charge is 0.337 e. The van der Waals surface area contributed by atoms with Gasteiger partial charge in [-0.1, -0.05) is 11.8 Å². The molecule has 0 spiro atoms. The number of pyridine rings is 1. The highest BCUT2D eigenvalue weighted by Gasteiger charge is 2.04. The number of hydrogen-bond donors (Lipinski definition) is 0. The van der Waals surface area contributed by atoms with Crippen LogP contribution in [0.3, 0.4) is 0 Å². The van der Waals surface area contributed by atoms with Gasteiger partial charge in [0.15, 0.2) is 0 Å². The van der Waals surface area contributed by atoms with Gasteiger partial charge in [-0.3, -0.25) is 4.98 Å². The maximum absolute atomic E-state index is 11.2. The van der Waals surface area contributed by atoms with Gasteiger partial charge in [0.2, 0.25) is 0 Å². The normalized spacial score (nSPS) is 9.94. The number of hydrogen-bond acceptors (Lipinski definition) is 4. The van der Waals surface area contributed by atoms with Gasteiger partial charge in [0.1, 0.15) is 0 Å². The molecule has 1 aromatic carbocycles. The molecule has 0 aliphatic heterocycles. The largest absolute Gasteiger partial charge is 0.465 e. The van der Waals surface area contributed by atoms with Crippen LogP contribution >= 0.6 is 11.8 Å². The summed E-state index contributed by atoms with van der Waals surface area (Å²) in [6, 6.07) is 11.2. The molecule has 3 nitrogen and oxygen atoms in total. The maximum atomic E-state index is 11.2. The summed E-state index contributed by atoms with van der Waals surface area (Å²) in [5.74, 6) is -0.314. The number of ether oxygens (including phenoxy) is 1. The summed E-state index contributed by atoms with van der Waals surface area (Å²) in [6.07, 6.45) is 3.51. The molecule has 1 aromatic heterocycles. The molecule has 0 unspecified atom stereocenters. The van der Waals surface area contributed by atoms with Crippen molar-refractivity contribution in [3.63, 3.8) is 0 Å². The zero-order valence-corrected chi connectivity index (χ0v) is 10.1. The zero-order chi connectivity index (χ0) is 12.1. The first kappa shape index (κ1) is 11.7. The van der Waals surface area contributed by atoms with E-state index >= 15 is 0 Å². The van der Waals surface area contributed by atoms with Crippen molar-refractivity contribution in [1.82, 2.24) is 4.98 Å². The quantitative estimate of drug-likeness (QED) is 0.779. The second-order valence-electron chi connectivity index (χ2n) is 3.30. The van der Waals surface area contributed by atoms with Gasteiger partial charge in [-0.2, -0.15) is 0 Å². The summed E-state index contributed by atoms with van der Waals surface area (Å²) >= 11 is 1.62. The van der Waals surface area contributed by atoms with Gasteiger partial charge in [-0.15, -0.1) is 0 Å². The molecular formula is C13H11NO2S. The Balaban J connectivity index is 2.11. The SMILES string of the molecule is COC(=O)c1ccc(Sc2ccncc2)cc1. The van der Waals surface area contributed by atoms with E-state index in [1.54, 1.807) is 36.3 Å². The standard InChI is InChI=1S/C13H11NO2S/c1-16-13(15)10-2-4-11(5-3-10)17-12-6-8-14-9-7-12/h2-9H,1H3. The molecule has 1 heterocycles. The minimum absolute atomic E-state index is 0.314. The molecule has 86 valence electrons. The second-order valence-corrected chi connectivity index (χ2v) is 4.45. The van der Waals surface area contributed by atoms with E-state index in [2.05, 4.69) is 9.72 Å². The highest BCUT2D eigenvalue weighted by Crippen LogP contribution is 2.26. The monoisotopic (exact) mass is 245 g/mol. The summed E-state index contributed by atoms with van der Waals surface area (Å²) in [6.45, 7) is 0. The Hall–Kier alpha value is -1.81. The first-order chi connectivity index (χ1) is 8.29. The molecule has 4 heteroatoms. The fourth-order valence-electron chi connectivity index (χ4n) is 1.32. The van der Waals surface area contributed by atoms with Gasteiger partial charge in [-0.25, -0.2) is 4.79 Å². The summed E-state index contributed by atoms with van der Waals surface area (Å²) in [5, 5.41) is 0. The number of carbonyl (C=O) groups excluding carboxylic acids is 1. The third-order valence-corrected chi connectivity index (χ3v) is 3.18. The van der Waals surface area contributed by atoms with Crippen LogP contribution in [0.5, 0.6) is 0 Å². The topological polar surface area (TPSA) is 39.2 Å². The lowest BCUT2D eigenvalue weighted by molar-refractivity contribution is 0.0600. The molecule has 0 saturated carbocycles. The minimum Gasteiger partial charge on any atom is -0.465 e. The molecule has 0 atom stereocenters. The number of benzene rings is 1. The minimum atomic E-state index is -0.314. The third kappa shape index (κ3) is 3.07. The second kappa shape index (κ2) is 5.50. The number of methoxy groups -OCH3 is 1. The van der Waals surface area contributed by atoms with Gasteiger partial charge < -0.3 is 4.74 Å². The van der Waals surface area contributed by atoms with Gasteiger partial charge >= 0.3 is 5.97 Å². The number of nitrogens with zero attached hydrogens (tertiary/aromatic N) is 1. The van der Waals surface area contributed by atoms with Crippen LogP contribution in [0.15, 0.2) is 58.6 Å². The van der Waals surface area contributed by atoms with Crippen molar-refractivity contribution in [3.05, 3.63) is 54.4 Å². The predicted octanol–water partition coefficient (Wildman–Crippen LogP) is 3.02.